The van der Waals surface area contributed by atoms with Crippen molar-refractivity contribution < 1.29 is 9.31 Å². The minimum Gasteiger partial charge on any atom is -0.407 e. The van der Waals surface area contributed by atoms with Crippen molar-refractivity contribution in [1.82, 2.24) is 4.57 Å². The fourth-order valence-electron chi connectivity index (χ4n) is 5.59. The van der Waals surface area contributed by atoms with E-state index in [-0.39, 0.29) is 12.5 Å². The van der Waals surface area contributed by atoms with Crippen LogP contribution in [0.4, 0.5) is 0 Å². The Morgan fingerprint density at radius 2 is 1.05 bits per heavy atom. The molecular weight excluding hydrogens is 477 g/mol. The number of nitrogens with zero attached hydrogens (tertiary/aromatic N) is 1. The van der Waals surface area contributed by atoms with E-state index in [0.717, 1.165) is 11.2 Å². The second kappa shape index (κ2) is 9.57. The van der Waals surface area contributed by atoms with Crippen molar-refractivity contribution in [1.29, 1.82) is 0 Å². The third kappa shape index (κ3) is 4.46. The maximum absolute atomic E-state index is 6.03. The summed E-state index contributed by atoms with van der Waals surface area (Å²) < 4.78 is 14.4. The molecule has 1 fully saturated rings. The Hall–Kier alpha value is -4.12. The third-order valence-corrected chi connectivity index (χ3v) is 7.65. The molecule has 1 saturated heterocycles. The summed E-state index contributed by atoms with van der Waals surface area (Å²) in [7, 11) is -0.313. The molecule has 190 valence electrons. The van der Waals surface area contributed by atoms with Gasteiger partial charge in [-0.05, 0) is 64.1 Å². The zero-order valence-electron chi connectivity index (χ0n) is 22.3. The summed E-state index contributed by atoms with van der Waals surface area (Å²) >= 11 is 0. The van der Waals surface area contributed by atoms with Gasteiger partial charge in [-0.15, -0.1) is 0 Å². The number of hydrogen-bond acceptors (Lipinski definition) is 2. The predicted molar refractivity (Wildman–Crippen MR) is 163 cm³/mol. The highest BCUT2D eigenvalue weighted by atomic mass is 16.6. The zero-order chi connectivity index (χ0) is 26.4. The van der Waals surface area contributed by atoms with Gasteiger partial charge in [0.05, 0.1) is 11.0 Å². The molecule has 0 bridgehead atoms. The van der Waals surface area contributed by atoms with Crippen LogP contribution in [-0.4, -0.2) is 24.9 Å². The van der Waals surface area contributed by atoms with E-state index in [1.807, 2.05) is 0 Å². The van der Waals surface area contributed by atoms with Crippen molar-refractivity contribution in [3.05, 3.63) is 121 Å². The Bertz CT molecular complexity index is 1670. The van der Waals surface area contributed by atoms with Crippen LogP contribution in [0.2, 0.25) is 0 Å². The smallest absolute Gasteiger partial charge is 0.407 e. The Balaban J connectivity index is 1.36. The second-order valence-corrected chi connectivity index (χ2v) is 11.2. The van der Waals surface area contributed by atoms with Gasteiger partial charge in [-0.25, -0.2) is 0 Å². The van der Waals surface area contributed by atoms with E-state index in [0.29, 0.717) is 13.2 Å². The van der Waals surface area contributed by atoms with E-state index in [1.54, 1.807) is 0 Å². The van der Waals surface area contributed by atoms with E-state index in [9.17, 15) is 0 Å². The summed E-state index contributed by atoms with van der Waals surface area (Å²) in [6, 6.07) is 43.4. The lowest BCUT2D eigenvalue weighted by Crippen LogP contribution is -2.47. The zero-order valence-corrected chi connectivity index (χ0v) is 22.3. The van der Waals surface area contributed by atoms with E-state index >= 15 is 0 Å². The molecule has 39 heavy (non-hydrogen) atoms. The Morgan fingerprint density at radius 3 is 1.54 bits per heavy atom. The van der Waals surface area contributed by atoms with Gasteiger partial charge in [0, 0.05) is 35.1 Å². The van der Waals surface area contributed by atoms with Gasteiger partial charge in [0.2, 0.25) is 0 Å². The van der Waals surface area contributed by atoms with Crippen LogP contribution in [0.15, 0.2) is 121 Å². The normalized spacial score (nSPS) is 15.2. The number of hydrogen-bond donors (Lipinski definition) is 0. The highest BCUT2D eigenvalue weighted by Gasteiger charge is 2.33. The summed E-state index contributed by atoms with van der Waals surface area (Å²) in [4.78, 5) is 0. The summed E-state index contributed by atoms with van der Waals surface area (Å²) in [5, 5.41) is 2.49. The molecule has 0 aliphatic carbocycles. The van der Waals surface area contributed by atoms with Crippen molar-refractivity contribution in [3.63, 3.8) is 0 Å². The number of rotatable bonds is 4. The van der Waals surface area contributed by atoms with Crippen LogP contribution in [0.5, 0.6) is 0 Å². The first-order valence-corrected chi connectivity index (χ1v) is 13.6. The van der Waals surface area contributed by atoms with Gasteiger partial charge in [0.25, 0.3) is 0 Å². The molecule has 0 amide bonds. The highest BCUT2D eigenvalue weighted by Crippen LogP contribution is 2.37. The van der Waals surface area contributed by atoms with Gasteiger partial charge >= 0.3 is 7.12 Å². The lowest BCUT2D eigenvalue weighted by Gasteiger charge is -2.33. The largest absolute Gasteiger partial charge is 0.493 e. The molecule has 1 aliphatic rings. The Morgan fingerprint density at radius 1 is 0.564 bits per heavy atom. The van der Waals surface area contributed by atoms with Crippen LogP contribution < -0.4 is 5.46 Å². The molecule has 7 rings (SSSR count). The van der Waals surface area contributed by atoms with Crippen molar-refractivity contribution in [2.45, 2.75) is 13.8 Å². The molecule has 0 radical (unpaired) electrons. The van der Waals surface area contributed by atoms with E-state index in [2.05, 4.69) is 140 Å². The Kier molecular flexibility index (Phi) is 5.88. The van der Waals surface area contributed by atoms with Crippen LogP contribution in [0, 0.1) is 5.41 Å². The standard InChI is InChI=1S/C35H30BNO2/c1-35(2)23-38-36(39-24-35)29-15-17-30(18-16-29)37-33-19-13-27(25-9-5-3-6-10-25)21-31(33)32-22-28(14-20-34(32)37)26-11-7-4-8-12-26/h3-22H,23-24H2,1-2H3. The molecule has 0 atom stereocenters. The van der Waals surface area contributed by atoms with Gasteiger partial charge < -0.3 is 13.9 Å². The van der Waals surface area contributed by atoms with Crippen molar-refractivity contribution >= 4 is 34.4 Å². The molecule has 0 saturated carbocycles. The average molecular weight is 507 g/mol. The van der Waals surface area contributed by atoms with Gasteiger partial charge in [-0.1, -0.05) is 98.8 Å². The number of fused-ring (bicyclic) bond motifs is 3. The van der Waals surface area contributed by atoms with Crippen LogP contribution in [0.25, 0.3) is 49.7 Å². The minimum atomic E-state index is -0.313. The van der Waals surface area contributed by atoms with E-state index in [1.165, 1.54) is 44.1 Å². The lowest BCUT2D eigenvalue weighted by molar-refractivity contribution is 0.0343. The lowest BCUT2D eigenvalue weighted by atomic mass is 9.76. The molecule has 4 heteroatoms. The maximum Gasteiger partial charge on any atom is 0.493 e. The molecule has 1 aromatic heterocycles. The molecule has 5 aromatic carbocycles. The quantitative estimate of drug-likeness (QED) is 0.227. The molecule has 2 heterocycles. The first-order chi connectivity index (χ1) is 19.1. The molecular formula is C35H30BNO2. The molecule has 6 aromatic rings. The predicted octanol–water partition coefficient (Wildman–Crippen LogP) is 7.89. The maximum atomic E-state index is 6.03. The molecule has 0 N–H and O–H groups in total. The summed E-state index contributed by atoms with van der Waals surface area (Å²) in [6.45, 7) is 5.72. The summed E-state index contributed by atoms with van der Waals surface area (Å²) in [6.07, 6.45) is 0. The summed E-state index contributed by atoms with van der Waals surface area (Å²) in [5.41, 5.74) is 9.48. The molecule has 1 aliphatic heterocycles. The number of aromatic nitrogens is 1. The average Bonchev–Trinajstić information content (AvgIpc) is 3.31. The van der Waals surface area contributed by atoms with E-state index in [4.69, 9.17) is 9.31 Å². The van der Waals surface area contributed by atoms with Crippen LogP contribution in [-0.2, 0) is 9.31 Å². The van der Waals surface area contributed by atoms with Crippen molar-refractivity contribution in [2.75, 3.05) is 13.2 Å². The molecule has 0 spiro atoms. The number of benzene rings is 5. The van der Waals surface area contributed by atoms with Crippen LogP contribution in [0.1, 0.15) is 13.8 Å². The van der Waals surface area contributed by atoms with Crippen LogP contribution in [0.3, 0.4) is 0 Å². The molecule has 3 nitrogen and oxygen atoms in total. The fourth-order valence-corrected chi connectivity index (χ4v) is 5.59. The summed E-state index contributed by atoms with van der Waals surface area (Å²) in [5.74, 6) is 0. The minimum absolute atomic E-state index is 0.0522. The topological polar surface area (TPSA) is 23.4 Å². The van der Waals surface area contributed by atoms with Gasteiger partial charge in [0.15, 0.2) is 0 Å². The Labute approximate surface area is 229 Å². The van der Waals surface area contributed by atoms with Gasteiger partial charge in [-0.2, -0.15) is 0 Å². The van der Waals surface area contributed by atoms with Gasteiger partial charge in [0.1, 0.15) is 0 Å². The second-order valence-electron chi connectivity index (χ2n) is 11.2. The van der Waals surface area contributed by atoms with Crippen LogP contribution >= 0.6 is 0 Å². The monoisotopic (exact) mass is 507 g/mol. The molecule has 0 unspecified atom stereocenters. The van der Waals surface area contributed by atoms with Crippen molar-refractivity contribution in [2.24, 2.45) is 5.41 Å². The highest BCUT2D eigenvalue weighted by molar-refractivity contribution is 6.61. The van der Waals surface area contributed by atoms with E-state index < -0.39 is 0 Å². The van der Waals surface area contributed by atoms with Crippen molar-refractivity contribution in [3.8, 4) is 27.9 Å². The van der Waals surface area contributed by atoms with Gasteiger partial charge in [-0.3, -0.25) is 0 Å². The first kappa shape index (κ1) is 24.0. The first-order valence-electron chi connectivity index (χ1n) is 13.6. The third-order valence-electron chi connectivity index (χ3n) is 7.65. The fraction of sp³-hybridized carbons (Fsp3) is 0.143. The SMILES string of the molecule is CC1(C)COB(c2ccc(-n3c4ccc(-c5ccccc5)cc4c4cc(-c5ccccc5)ccc43)cc2)OC1.